The molecule has 0 atom stereocenters. The van der Waals surface area contributed by atoms with Gasteiger partial charge in [-0.05, 0) is 40.5 Å². The highest BCUT2D eigenvalue weighted by molar-refractivity contribution is 5.92. The van der Waals surface area contributed by atoms with Crippen molar-refractivity contribution in [2.45, 2.75) is 0 Å². The van der Waals surface area contributed by atoms with E-state index in [0.717, 1.165) is 55.6 Å². The van der Waals surface area contributed by atoms with Gasteiger partial charge < -0.3 is 0 Å². The highest BCUT2D eigenvalue weighted by atomic mass is 15.0. The summed E-state index contributed by atoms with van der Waals surface area (Å²) in [7, 11) is 0. The first kappa shape index (κ1) is 33.9. The minimum absolute atomic E-state index is 0.535. The minimum Gasteiger partial charge on any atom is -0.208 e. The van der Waals surface area contributed by atoms with Crippen LogP contribution in [0.15, 0.2) is 188 Å². The SMILES string of the molecule is N#Cc1cccc(-c2cc(-c3nc(-c4ccccc4)nc(-c4ccccc4)n3)ccc2-c2ccccc2-c2nc(-c3ccccc3)nc(-c3ccccc3)n2)c1. The lowest BCUT2D eigenvalue weighted by Crippen LogP contribution is -2.02. The summed E-state index contributed by atoms with van der Waals surface area (Å²) in [4.78, 5) is 30.0. The average Bonchev–Trinajstić information content (AvgIpc) is 3.29. The summed E-state index contributed by atoms with van der Waals surface area (Å²) in [5.41, 5.74) is 9.41. The lowest BCUT2D eigenvalue weighted by Gasteiger charge is -2.17. The van der Waals surface area contributed by atoms with Crippen LogP contribution in [0, 0.1) is 11.3 Å². The van der Waals surface area contributed by atoms with Gasteiger partial charge >= 0.3 is 0 Å². The molecule has 0 bridgehead atoms. The fourth-order valence-electron chi connectivity index (χ4n) is 6.69. The third-order valence-corrected chi connectivity index (χ3v) is 9.44. The largest absolute Gasteiger partial charge is 0.208 e. The van der Waals surface area contributed by atoms with Crippen molar-refractivity contribution in [3.63, 3.8) is 0 Å². The predicted molar refractivity (Wildman–Crippen MR) is 221 cm³/mol. The molecule has 0 radical (unpaired) electrons. The number of benzene rings is 7. The van der Waals surface area contributed by atoms with Gasteiger partial charge in [0.05, 0.1) is 11.6 Å². The van der Waals surface area contributed by atoms with Crippen LogP contribution >= 0.6 is 0 Å². The lowest BCUT2D eigenvalue weighted by atomic mass is 9.89. The Morgan fingerprint density at radius 2 is 0.643 bits per heavy atom. The monoisotopic (exact) mass is 717 g/mol. The van der Waals surface area contributed by atoms with Crippen molar-refractivity contribution in [3.05, 3.63) is 194 Å². The topological polar surface area (TPSA) is 101 Å². The van der Waals surface area contributed by atoms with E-state index in [-0.39, 0.29) is 0 Å². The van der Waals surface area contributed by atoms with Gasteiger partial charge in [0.25, 0.3) is 0 Å². The van der Waals surface area contributed by atoms with Crippen molar-refractivity contribution in [1.82, 2.24) is 29.9 Å². The second-order valence-corrected chi connectivity index (χ2v) is 13.1. The Morgan fingerprint density at radius 3 is 1.11 bits per heavy atom. The van der Waals surface area contributed by atoms with Gasteiger partial charge in [-0.1, -0.05) is 170 Å². The summed E-state index contributed by atoms with van der Waals surface area (Å²) in [6.07, 6.45) is 0. The second kappa shape index (κ2) is 15.2. The maximum Gasteiger partial charge on any atom is 0.164 e. The molecule has 7 nitrogen and oxygen atoms in total. The number of hydrogen-bond acceptors (Lipinski definition) is 7. The molecule has 7 aromatic carbocycles. The van der Waals surface area contributed by atoms with Gasteiger partial charge in [0, 0.05) is 33.4 Å². The molecule has 9 aromatic rings. The standard InChI is InChI=1S/C49H31N7/c50-32-33-16-15-25-38(30-33)43-31-39(48-53-44(34-17-5-1-6-18-34)51-45(54-48)35-19-7-2-8-20-35)28-29-41(43)40-26-13-14-27-42(40)49-55-46(36-21-9-3-10-22-36)52-47(56-49)37-23-11-4-12-24-37/h1-31H. The highest BCUT2D eigenvalue weighted by Crippen LogP contribution is 2.40. The van der Waals surface area contributed by atoms with Crippen molar-refractivity contribution in [2.24, 2.45) is 0 Å². The van der Waals surface area contributed by atoms with E-state index >= 15 is 0 Å². The molecule has 0 aliphatic carbocycles. The van der Waals surface area contributed by atoms with E-state index in [1.807, 2.05) is 170 Å². The van der Waals surface area contributed by atoms with Gasteiger partial charge in [0.15, 0.2) is 34.9 Å². The molecule has 9 rings (SSSR count). The predicted octanol–water partition coefficient (Wildman–Crippen LogP) is 11.3. The maximum atomic E-state index is 9.94. The van der Waals surface area contributed by atoms with Crippen LogP contribution < -0.4 is 0 Å². The summed E-state index contributed by atoms with van der Waals surface area (Å²) in [6, 6.07) is 64.1. The van der Waals surface area contributed by atoms with E-state index in [4.69, 9.17) is 29.9 Å². The molecule has 262 valence electrons. The molecule has 0 spiro atoms. The number of rotatable bonds is 8. The Balaban J connectivity index is 1.25. The van der Waals surface area contributed by atoms with E-state index in [1.165, 1.54) is 0 Å². The van der Waals surface area contributed by atoms with Gasteiger partial charge in [-0.15, -0.1) is 0 Å². The van der Waals surface area contributed by atoms with Crippen LogP contribution in [0.25, 0.3) is 90.6 Å². The Hall–Kier alpha value is -7.95. The van der Waals surface area contributed by atoms with Gasteiger partial charge in [0.2, 0.25) is 0 Å². The fourth-order valence-corrected chi connectivity index (χ4v) is 6.69. The average molecular weight is 718 g/mol. The molecule has 2 heterocycles. The van der Waals surface area contributed by atoms with Crippen LogP contribution in [-0.4, -0.2) is 29.9 Å². The summed E-state index contributed by atoms with van der Waals surface area (Å²) >= 11 is 0. The number of nitriles is 1. The second-order valence-electron chi connectivity index (χ2n) is 13.1. The number of hydrogen-bond donors (Lipinski definition) is 0. The van der Waals surface area contributed by atoms with Crippen molar-refractivity contribution in [1.29, 1.82) is 5.26 Å². The summed E-state index contributed by atoms with van der Waals surface area (Å²) in [6.45, 7) is 0. The molecular formula is C49H31N7. The van der Waals surface area contributed by atoms with Crippen LogP contribution in [0.2, 0.25) is 0 Å². The normalized spacial score (nSPS) is 10.8. The molecule has 56 heavy (non-hydrogen) atoms. The van der Waals surface area contributed by atoms with E-state index in [1.54, 1.807) is 0 Å². The molecule has 0 aliphatic heterocycles. The van der Waals surface area contributed by atoms with Gasteiger partial charge in [0.1, 0.15) is 0 Å². The van der Waals surface area contributed by atoms with Crippen LogP contribution in [0.1, 0.15) is 5.56 Å². The molecule has 0 aliphatic rings. The lowest BCUT2D eigenvalue weighted by molar-refractivity contribution is 1.07. The Morgan fingerprint density at radius 1 is 0.268 bits per heavy atom. The van der Waals surface area contributed by atoms with E-state index < -0.39 is 0 Å². The van der Waals surface area contributed by atoms with Crippen molar-refractivity contribution in [2.75, 3.05) is 0 Å². The molecule has 0 saturated heterocycles. The maximum absolute atomic E-state index is 9.94. The molecule has 0 fully saturated rings. The molecule has 2 aromatic heterocycles. The minimum atomic E-state index is 0.535. The zero-order chi connectivity index (χ0) is 37.7. The molecule has 0 amide bonds. The third kappa shape index (κ3) is 6.94. The first-order valence-corrected chi connectivity index (χ1v) is 18.2. The van der Waals surface area contributed by atoms with Gasteiger partial charge in [-0.25, -0.2) is 29.9 Å². The fraction of sp³-hybridized carbons (Fsp3) is 0. The van der Waals surface area contributed by atoms with Crippen LogP contribution in [0.5, 0.6) is 0 Å². The van der Waals surface area contributed by atoms with E-state index in [2.05, 4.69) is 24.3 Å². The first-order valence-electron chi connectivity index (χ1n) is 18.2. The third-order valence-electron chi connectivity index (χ3n) is 9.44. The number of nitrogens with zero attached hydrogens (tertiary/aromatic N) is 7. The van der Waals surface area contributed by atoms with Crippen molar-refractivity contribution in [3.8, 4) is 96.7 Å². The first-order chi connectivity index (χ1) is 27.7. The quantitative estimate of drug-likeness (QED) is 0.154. The highest BCUT2D eigenvalue weighted by Gasteiger charge is 2.20. The molecule has 0 N–H and O–H groups in total. The number of aromatic nitrogens is 6. The summed E-state index contributed by atoms with van der Waals surface area (Å²) in [5, 5.41) is 9.94. The van der Waals surface area contributed by atoms with Crippen molar-refractivity contribution < 1.29 is 0 Å². The molecule has 0 saturated carbocycles. The molecule has 0 unspecified atom stereocenters. The van der Waals surface area contributed by atoms with E-state index in [9.17, 15) is 5.26 Å². The smallest absolute Gasteiger partial charge is 0.164 e. The van der Waals surface area contributed by atoms with Gasteiger partial charge in [-0.2, -0.15) is 5.26 Å². The Kier molecular flexibility index (Phi) is 9.18. The van der Waals surface area contributed by atoms with Crippen LogP contribution in [0.3, 0.4) is 0 Å². The molecular weight excluding hydrogens is 687 g/mol. The zero-order valence-corrected chi connectivity index (χ0v) is 30.0. The summed E-state index contributed by atoms with van der Waals surface area (Å²) < 4.78 is 0. The van der Waals surface area contributed by atoms with Crippen molar-refractivity contribution >= 4 is 0 Å². The van der Waals surface area contributed by atoms with Crippen LogP contribution in [0.4, 0.5) is 0 Å². The van der Waals surface area contributed by atoms with Crippen LogP contribution in [-0.2, 0) is 0 Å². The van der Waals surface area contributed by atoms with Gasteiger partial charge in [-0.3, -0.25) is 0 Å². The Labute approximate surface area is 324 Å². The summed E-state index contributed by atoms with van der Waals surface area (Å²) in [5.74, 6) is 3.41. The zero-order valence-electron chi connectivity index (χ0n) is 30.0. The van der Waals surface area contributed by atoms with E-state index in [0.29, 0.717) is 40.5 Å². The Bertz CT molecular complexity index is 2740. The molecule has 7 heteroatoms.